The third kappa shape index (κ3) is 3.08. The number of para-hydroxylation sites is 1. The van der Waals surface area contributed by atoms with E-state index in [-0.39, 0.29) is 24.2 Å². The normalized spacial score (nSPS) is 16.9. The number of hydrogen-bond acceptors (Lipinski definition) is 3. The van der Waals surface area contributed by atoms with Gasteiger partial charge in [-0.2, -0.15) is 0 Å². The van der Waals surface area contributed by atoms with E-state index in [9.17, 15) is 9.59 Å². The van der Waals surface area contributed by atoms with Crippen molar-refractivity contribution in [2.24, 2.45) is 5.92 Å². The van der Waals surface area contributed by atoms with Crippen molar-refractivity contribution < 1.29 is 9.59 Å². The molecule has 1 N–H and O–H groups in total. The molecule has 130 valence electrons. The second-order valence-electron chi connectivity index (χ2n) is 6.25. The predicted molar refractivity (Wildman–Crippen MR) is 105 cm³/mol. The molecule has 1 atom stereocenters. The Morgan fingerprint density at radius 2 is 2.00 bits per heavy atom. The van der Waals surface area contributed by atoms with Crippen molar-refractivity contribution in [3.05, 3.63) is 65.4 Å². The molecule has 3 aromatic rings. The second-order valence-corrected chi connectivity index (χ2v) is 7.10. The second kappa shape index (κ2) is 6.88. The summed E-state index contributed by atoms with van der Waals surface area (Å²) in [6.45, 7) is 0.375. The Bertz CT molecular complexity index is 1000. The Balaban J connectivity index is 1.54. The summed E-state index contributed by atoms with van der Waals surface area (Å²) in [7, 11) is 0. The molecule has 5 nitrogen and oxygen atoms in total. The first-order chi connectivity index (χ1) is 12.6. The predicted octanol–water partition coefficient (Wildman–Crippen LogP) is 3.99. The molecule has 1 fully saturated rings. The van der Waals surface area contributed by atoms with Gasteiger partial charge in [0.25, 0.3) is 0 Å². The minimum Gasteiger partial charge on any atom is -0.325 e. The smallest absolute Gasteiger partial charge is 0.229 e. The van der Waals surface area contributed by atoms with Crippen LogP contribution in [0.1, 0.15) is 6.42 Å². The van der Waals surface area contributed by atoms with Crippen molar-refractivity contribution in [1.82, 2.24) is 4.98 Å². The molecule has 2 heterocycles. The van der Waals surface area contributed by atoms with Crippen LogP contribution in [-0.4, -0.2) is 23.3 Å². The number of carbonyl (C=O) groups is 2. The number of nitrogens with one attached hydrogen (secondary N) is 1. The molecule has 2 aromatic carbocycles. The average molecular weight is 410 g/mol. The Hall–Kier alpha value is -2.73. The summed E-state index contributed by atoms with van der Waals surface area (Å²) in [5.74, 6) is -0.567. The maximum absolute atomic E-state index is 12.7. The van der Waals surface area contributed by atoms with Crippen molar-refractivity contribution >= 4 is 49.9 Å². The van der Waals surface area contributed by atoms with Crippen molar-refractivity contribution in [3.63, 3.8) is 0 Å². The van der Waals surface area contributed by atoms with Crippen LogP contribution in [0.3, 0.4) is 0 Å². The van der Waals surface area contributed by atoms with Crippen LogP contribution in [0.15, 0.2) is 65.4 Å². The van der Waals surface area contributed by atoms with Gasteiger partial charge in [0.1, 0.15) is 0 Å². The molecule has 0 saturated carbocycles. The quantitative estimate of drug-likeness (QED) is 0.711. The van der Waals surface area contributed by atoms with Crippen LogP contribution in [0.5, 0.6) is 0 Å². The van der Waals surface area contributed by atoms with Gasteiger partial charge in [0.15, 0.2) is 0 Å². The lowest BCUT2D eigenvalue weighted by Gasteiger charge is -2.18. The van der Waals surface area contributed by atoms with Gasteiger partial charge in [-0.25, -0.2) is 0 Å². The number of aromatic nitrogens is 1. The summed E-state index contributed by atoms with van der Waals surface area (Å²) in [5.41, 5.74) is 1.53. The molecule has 0 unspecified atom stereocenters. The highest BCUT2D eigenvalue weighted by atomic mass is 79.9. The summed E-state index contributed by atoms with van der Waals surface area (Å²) in [6.07, 6.45) is 3.67. The van der Waals surface area contributed by atoms with E-state index in [0.717, 1.165) is 26.6 Å². The van der Waals surface area contributed by atoms with Crippen LogP contribution in [-0.2, 0) is 9.59 Å². The van der Waals surface area contributed by atoms with E-state index in [4.69, 9.17) is 0 Å². The fourth-order valence-electron chi connectivity index (χ4n) is 3.25. The fraction of sp³-hybridized carbons (Fsp3) is 0.150. The van der Waals surface area contributed by atoms with Crippen molar-refractivity contribution in [1.29, 1.82) is 0 Å². The summed E-state index contributed by atoms with van der Waals surface area (Å²) in [5, 5.41) is 4.87. The summed E-state index contributed by atoms with van der Waals surface area (Å²) < 4.78 is 0.843. The van der Waals surface area contributed by atoms with E-state index in [1.54, 1.807) is 17.3 Å². The van der Waals surface area contributed by atoms with Gasteiger partial charge in [-0.3, -0.25) is 14.6 Å². The van der Waals surface area contributed by atoms with Gasteiger partial charge in [0, 0.05) is 46.3 Å². The number of halogens is 1. The van der Waals surface area contributed by atoms with Crippen LogP contribution in [0.25, 0.3) is 10.8 Å². The van der Waals surface area contributed by atoms with Gasteiger partial charge in [-0.15, -0.1) is 0 Å². The Morgan fingerprint density at radius 1 is 1.15 bits per heavy atom. The maximum atomic E-state index is 12.7. The van der Waals surface area contributed by atoms with Crippen molar-refractivity contribution in [2.75, 3.05) is 16.8 Å². The zero-order chi connectivity index (χ0) is 18.1. The molecule has 26 heavy (non-hydrogen) atoms. The Labute approximate surface area is 159 Å². The molecular formula is C20H16BrN3O2. The van der Waals surface area contributed by atoms with Gasteiger partial charge < -0.3 is 10.2 Å². The molecule has 0 radical (unpaired) electrons. The van der Waals surface area contributed by atoms with Crippen LogP contribution in [0.4, 0.5) is 11.4 Å². The first-order valence-corrected chi connectivity index (χ1v) is 9.11. The number of rotatable bonds is 3. The van der Waals surface area contributed by atoms with Gasteiger partial charge in [0.2, 0.25) is 11.8 Å². The monoisotopic (exact) mass is 409 g/mol. The largest absolute Gasteiger partial charge is 0.325 e. The summed E-state index contributed by atoms with van der Waals surface area (Å²) >= 11 is 3.47. The Kier molecular flexibility index (Phi) is 4.42. The molecule has 1 aliphatic rings. The molecule has 0 spiro atoms. The maximum Gasteiger partial charge on any atom is 0.229 e. The van der Waals surface area contributed by atoms with E-state index < -0.39 is 0 Å². The standard InChI is InChI=1S/C20H16BrN3O2/c21-16-5-1-2-7-18(16)24-12-14(10-19(24)25)20(26)23-17-6-3-4-13-11-22-9-8-15(13)17/h1-9,11,14H,10,12H2,(H,23,26)/t14-/m0/s1. The first kappa shape index (κ1) is 16.7. The van der Waals surface area contributed by atoms with Crippen LogP contribution in [0, 0.1) is 5.92 Å². The van der Waals surface area contributed by atoms with Gasteiger partial charge >= 0.3 is 0 Å². The molecule has 0 aliphatic carbocycles. The number of pyridine rings is 1. The topological polar surface area (TPSA) is 62.3 Å². The van der Waals surface area contributed by atoms with E-state index in [1.165, 1.54) is 0 Å². The summed E-state index contributed by atoms with van der Waals surface area (Å²) in [6, 6.07) is 15.1. The molecule has 2 amide bonds. The molecule has 6 heteroatoms. The van der Waals surface area contributed by atoms with Gasteiger partial charge in [0.05, 0.1) is 11.6 Å². The minimum absolute atomic E-state index is 0.0424. The summed E-state index contributed by atoms with van der Waals surface area (Å²) in [4.78, 5) is 30.9. The van der Waals surface area contributed by atoms with Crippen molar-refractivity contribution in [2.45, 2.75) is 6.42 Å². The number of amides is 2. The molecule has 1 aliphatic heterocycles. The van der Waals surface area contributed by atoms with Crippen LogP contribution < -0.4 is 10.2 Å². The lowest BCUT2D eigenvalue weighted by atomic mass is 10.1. The first-order valence-electron chi connectivity index (χ1n) is 8.32. The highest BCUT2D eigenvalue weighted by Crippen LogP contribution is 2.32. The Morgan fingerprint density at radius 3 is 2.85 bits per heavy atom. The molecule has 4 rings (SSSR count). The SMILES string of the molecule is O=C(Nc1cccc2cnccc12)[C@H]1CC(=O)N(c2ccccc2Br)C1. The minimum atomic E-state index is -0.383. The van der Waals surface area contributed by atoms with Gasteiger partial charge in [-0.05, 0) is 40.2 Å². The number of hydrogen-bond donors (Lipinski definition) is 1. The lowest BCUT2D eigenvalue weighted by molar-refractivity contribution is -0.122. The molecule has 0 bridgehead atoms. The zero-order valence-corrected chi connectivity index (χ0v) is 15.4. The third-order valence-electron chi connectivity index (χ3n) is 4.58. The molecular weight excluding hydrogens is 394 g/mol. The number of carbonyl (C=O) groups excluding carboxylic acids is 2. The van der Waals surface area contributed by atoms with Crippen LogP contribution >= 0.6 is 15.9 Å². The number of fused-ring (bicyclic) bond motifs is 1. The highest BCUT2D eigenvalue weighted by molar-refractivity contribution is 9.10. The third-order valence-corrected chi connectivity index (χ3v) is 5.25. The number of anilines is 2. The van der Waals surface area contributed by atoms with E-state index in [2.05, 4.69) is 26.2 Å². The van der Waals surface area contributed by atoms with E-state index in [0.29, 0.717) is 6.54 Å². The van der Waals surface area contributed by atoms with Crippen molar-refractivity contribution in [3.8, 4) is 0 Å². The number of benzene rings is 2. The lowest BCUT2D eigenvalue weighted by Crippen LogP contribution is -2.28. The average Bonchev–Trinajstić information content (AvgIpc) is 3.04. The number of nitrogens with zero attached hydrogens (tertiary/aromatic N) is 2. The molecule has 1 saturated heterocycles. The van der Waals surface area contributed by atoms with E-state index >= 15 is 0 Å². The van der Waals surface area contributed by atoms with E-state index in [1.807, 2.05) is 48.5 Å². The molecule has 1 aromatic heterocycles. The zero-order valence-electron chi connectivity index (χ0n) is 13.9. The van der Waals surface area contributed by atoms with Gasteiger partial charge in [-0.1, -0.05) is 24.3 Å². The highest BCUT2D eigenvalue weighted by Gasteiger charge is 2.35. The fourth-order valence-corrected chi connectivity index (χ4v) is 3.75. The van der Waals surface area contributed by atoms with Crippen LogP contribution in [0.2, 0.25) is 0 Å².